The van der Waals surface area contributed by atoms with E-state index >= 15 is 0 Å². The van der Waals surface area contributed by atoms with Crippen LogP contribution in [0.25, 0.3) is 10.9 Å². The molecular weight excluding hydrogens is 274 g/mol. The van der Waals surface area contributed by atoms with Crippen molar-refractivity contribution in [2.24, 2.45) is 5.92 Å². The van der Waals surface area contributed by atoms with Gasteiger partial charge in [-0.3, -0.25) is 9.78 Å². The highest BCUT2D eigenvalue weighted by atomic mass is 16.2. The van der Waals surface area contributed by atoms with Crippen LogP contribution in [0.2, 0.25) is 0 Å². The molecule has 0 atom stereocenters. The first-order chi connectivity index (χ1) is 10.8. The number of pyridine rings is 1. The van der Waals surface area contributed by atoms with Crippen LogP contribution in [0.15, 0.2) is 36.5 Å². The zero-order valence-corrected chi connectivity index (χ0v) is 12.7. The Kier molecular flexibility index (Phi) is 3.45. The van der Waals surface area contributed by atoms with Gasteiger partial charge in [0.2, 0.25) is 5.91 Å². The molecule has 2 aromatic rings. The van der Waals surface area contributed by atoms with Crippen LogP contribution in [-0.2, 0) is 4.79 Å². The maximum atomic E-state index is 11.9. The third kappa shape index (κ3) is 2.65. The first-order valence-corrected chi connectivity index (χ1v) is 8.20. The number of piperidine rings is 1. The molecule has 1 aliphatic heterocycles. The normalized spacial score (nSPS) is 19.4. The second-order valence-electron chi connectivity index (χ2n) is 6.39. The second-order valence-corrected chi connectivity index (χ2v) is 6.39. The standard InChI is InChI=1S/C18H21N3O/c22-18(13-5-6-13)20-14-8-11-21(12-9-14)17-7-10-19-16-4-2-1-3-15(16)17/h1-4,7,10,13-14H,5-6,8-9,11-12H2,(H,20,22). The van der Waals surface area contributed by atoms with Crippen LogP contribution >= 0.6 is 0 Å². The van der Waals surface area contributed by atoms with Crippen molar-refractivity contribution in [3.63, 3.8) is 0 Å². The molecular formula is C18H21N3O. The van der Waals surface area contributed by atoms with Crippen molar-refractivity contribution in [2.75, 3.05) is 18.0 Å². The molecule has 1 saturated heterocycles. The summed E-state index contributed by atoms with van der Waals surface area (Å²) >= 11 is 0. The monoisotopic (exact) mass is 295 g/mol. The van der Waals surface area contributed by atoms with Gasteiger partial charge >= 0.3 is 0 Å². The SMILES string of the molecule is O=C(NC1CCN(c2ccnc3ccccc23)CC1)C1CC1. The lowest BCUT2D eigenvalue weighted by atomic mass is 10.0. The summed E-state index contributed by atoms with van der Waals surface area (Å²) in [5.41, 5.74) is 2.31. The topological polar surface area (TPSA) is 45.2 Å². The Labute approximate surface area is 130 Å². The molecule has 22 heavy (non-hydrogen) atoms. The van der Waals surface area contributed by atoms with Gasteiger partial charge in [-0.2, -0.15) is 0 Å². The molecule has 0 radical (unpaired) electrons. The van der Waals surface area contributed by atoms with Crippen molar-refractivity contribution < 1.29 is 4.79 Å². The lowest BCUT2D eigenvalue weighted by Gasteiger charge is -2.34. The van der Waals surface area contributed by atoms with Crippen LogP contribution < -0.4 is 10.2 Å². The minimum atomic E-state index is 0.271. The number of benzene rings is 1. The number of para-hydroxylation sites is 1. The Balaban J connectivity index is 1.45. The summed E-state index contributed by atoms with van der Waals surface area (Å²) in [6, 6.07) is 10.7. The first kappa shape index (κ1) is 13.6. The third-order valence-corrected chi connectivity index (χ3v) is 4.76. The molecule has 0 spiro atoms. The highest BCUT2D eigenvalue weighted by Crippen LogP contribution is 2.30. The van der Waals surface area contributed by atoms with Gasteiger partial charge in [0.1, 0.15) is 0 Å². The van der Waals surface area contributed by atoms with Gasteiger partial charge in [0.15, 0.2) is 0 Å². The fourth-order valence-corrected chi connectivity index (χ4v) is 3.29. The summed E-state index contributed by atoms with van der Waals surface area (Å²) in [6.45, 7) is 1.98. The number of hydrogen-bond donors (Lipinski definition) is 1. The van der Waals surface area contributed by atoms with E-state index in [4.69, 9.17) is 0 Å². The molecule has 0 unspecified atom stereocenters. The minimum Gasteiger partial charge on any atom is -0.371 e. The quantitative estimate of drug-likeness (QED) is 0.947. The van der Waals surface area contributed by atoms with E-state index in [2.05, 4.69) is 39.5 Å². The molecule has 2 heterocycles. The van der Waals surface area contributed by atoms with E-state index in [-0.39, 0.29) is 5.91 Å². The van der Waals surface area contributed by atoms with Crippen molar-refractivity contribution in [2.45, 2.75) is 31.7 Å². The average molecular weight is 295 g/mol. The fourth-order valence-electron chi connectivity index (χ4n) is 3.29. The summed E-state index contributed by atoms with van der Waals surface area (Å²) in [6.07, 6.45) is 6.09. The predicted octanol–water partition coefficient (Wildman–Crippen LogP) is 2.73. The third-order valence-electron chi connectivity index (χ3n) is 4.76. The van der Waals surface area contributed by atoms with Crippen LogP contribution in [-0.4, -0.2) is 30.0 Å². The van der Waals surface area contributed by atoms with E-state index in [1.807, 2.05) is 12.3 Å². The number of carbonyl (C=O) groups excluding carboxylic acids is 1. The molecule has 1 N–H and O–H groups in total. The molecule has 1 aromatic carbocycles. The Morgan fingerprint density at radius 1 is 1.09 bits per heavy atom. The van der Waals surface area contributed by atoms with E-state index < -0.39 is 0 Å². The number of nitrogens with one attached hydrogen (secondary N) is 1. The number of hydrogen-bond acceptors (Lipinski definition) is 3. The van der Waals surface area contributed by atoms with Crippen molar-refractivity contribution in [3.05, 3.63) is 36.5 Å². The molecule has 1 aromatic heterocycles. The van der Waals surface area contributed by atoms with Crippen LogP contribution in [0.4, 0.5) is 5.69 Å². The van der Waals surface area contributed by atoms with Gasteiger partial charge in [0.05, 0.1) is 5.52 Å². The van der Waals surface area contributed by atoms with Crippen LogP contribution in [0.3, 0.4) is 0 Å². The molecule has 2 aliphatic rings. The summed E-state index contributed by atoms with van der Waals surface area (Å²) in [5.74, 6) is 0.579. The number of nitrogens with zero attached hydrogens (tertiary/aromatic N) is 2. The number of rotatable bonds is 3. The summed E-state index contributed by atoms with van der Waals surface area (Å²) in [4.78, 5) is 18.7. The van der Waals surface area contributed by atoms with E-state index in [0.717, 1.165) is 44.3 Å². The number of aromatic nitrogens is 1. The van der Waals surface area contributed by atoms with Crippen LogP contribution in [0.1, 0.15) is 25.7 Å². The van der Waals surface area contributed by atoms with Gasteiger partial charge in [-0.15, -0.1) is 0 Å². The van der Waals surface area contributed by atoms with E-state index in [1.54, 1.807) is 0 Å². The molecule has 0 bridgehead atoms. The molecule has 114 valence electrons. The Morgan fingerprint density at radius 3 is 2.64 bits per heavy atom. The van der Waals surface area contributed by atoms with Crippen molar-refractivity contribution in [1.29, 1.82) is 0 Å². The van der Waals surface area contributed by atoms with E-state index in [0.29, 0.717) is 12.0 Å². The zero-order chi connectivity index (χ0) is 14.9. The number of carbonyl (C=O) groups is 1. The molecule has 1 aliphatic carbocycles. The first-order valence-electron chi connectivity index (χ1n) is 8.20. The minimum absolute atomic E-state index is 0.271. The molecule has 1 amide bonds. The van der Waals surface area contributed by atoms with Gasteiger partial charge in [0.25, 0.3) is 0 Å². The number of fused-ring (bicyclic) bond motifs is 1. The molecule has 2 fully saturated rings. The molecule has 4 heteroatoms. The maximum absolute atomic E-state index is 11.9. The Bertz CT molecular complexity index is 682. The van der Waals surface area contributed by atoms with Crippen molar-refractivity contribution in [3.8, 4) is 0 Å². The summed E-state index contributed by atoms with van der Waals surface area (Å²) in [7, 11) is 0. The van der Waals surface area contributed by atoms with Crippen molar-refractivity contribution >= 4 is 22.5 Å². The average Bonchev–Trinajstić information content (AvgIpc) is 3.40. The lowest BCUT2D eigenvalue weighted by Crippen LogP contribution is -2.45. The molecule has 4 rings (SSSR count). The zero-order valence-electron chi connectivity index (χ0n) is 12.7. The van der Waals surface area contributed by atoms with Gasteiger partial charge in [0, 0.05) is 42.3 Å². The van der Waals surface area contributed by atoms with Crippen LogP contribution in [0, 0.1) is 5.92 Å². The largest absolute Gasteiger partial charge is 0.371 e. The van der Waals surface area contributed by atoms with E-state index in [1.165, 1.54) is 11.1 Å². The molecule has 4 nitrogen and oxygen atoms in total. The van der Waals surface area contributed by atoms with Gasteiger partial charge in [-0.1, -0.05) is 18.2 Å². The number of anilines is 1. The summed E-state index contributed by atoms with van der Waals surface area (Å²) in [5, 5.41) is 4.43. The predicted molar refractivity (Wildman–Crippen MR) is 87.8 cm³/mol. The lowest BCUT2D eigenvalue weighted by molar-refractivity contribution is -0.123. The highest BCUT2D eigenvalue weighted by molar-refractivity contribution is 5.91. The van der Waals surface area contributed by atoms with Gasteiger partial charge in [-0.05, 0) is 37.8 Å². The highest BCUT2D eigenvalue weighted by Gasteiger charge is 2.31. The number of amides is 1. The van der Waals surface area contributed by atoms with E-state index in [9.17, 15) is 4.79 Å². The van der Waals surface area contributed by atoms with Gasteiger partial charge in [-0.25, -0.2) is 0 Å². The second kappa shape index (κ2) is 5.59. The maximum Gasteiger partial charge on any atom is 0.223 e. The van der Waals surface area contributed by atoms with Crippen LogP contribution in [0.5, 0.6) is 0 Å². The smallest absolute Gasteiger partial charge is 0.223 e. The Morgan fingerprint density at radius 2 is 1.86 bits per heavy atom. The summed E-state index contributed by atoms with van der Waals surface area (Å²) < 4.78 is 0. The van der Waals surface area contributed by atoms with Crippen molar-refractivity contribution in [1.82, 2.24) is 10.3 Å². The Hall–Kier alpha value is -2.10. The fraction of sp³-hybridized carbons (Fsp3) is 0.444. The molecule has 1 saturated carbocycles. The van der Waals surface area contributed by atoms with Gasteiger partial charge < -0.3 is 10.2 Å².